The van der Waals surface area contributed by atoms with Crippen LogP contribution in [0.15, 0.2) is 46.9 Å². The molecular weight excluding hydrogens is 305 g/mol. The van der Waals surface area contributed by atoms with Gasteiger partial charge in [-0.3, -0.25) is 0 Å². The molecule has 0 aliphatic carbocycles. The lowest BCUT2D eigenvalue weighted by molar-refractivity contribution is 0.619. The fourth-order valence-corrected chi connectivity index (χ4v) is 2.35. The third kappa shape index (κ3) is 3.57. The summed E-state index contributed by atoms with van der Waals surface area (Å²) in [5.74, 6) is -0.233. The lowest BCUT2D eigenvalue weighted by Crippen LogP contribution is -2.06. The van der Waals surface area contributed by atoms with E-state index < -0.39 is 0 Å². The molecule has 1 N–H and O–H groups in total. The van der Waals surface area contributed by atoms with Crippen molar-refractivity contribution in [3.63, 3.8) is 0 Å². The van der Waals surface area contributed by atoms with Crippen molar-refractivity contribution in [2.24, 2.45) is 0 Å². The molecule has 0 saturated carbocycles. The number of aryl methyl sites for hydroxylation is 1. The average Bonchev–Trinajstić information content (AvgIpc) is 2.42. The van der Waals surface area contributed by atoms with E-state index in [9.17, 15) is 4.39 Å². The highest BCUT2D eigenvalue weighted by Gasteiger charge is 2.08. The molecule has 2 rings (SSSR count). The second-order valence-electron chi connectivity index (χ2n) is 4.59. The van der Waals surface area contributed by atoms with E-state index in [1.54, 1.807) is 6.07 Å². The van der Waals surface area contributed by atoms with Crippen molar-refractivity contribution in [3.05, 3.63) is 63.9 Å². The Hall–Kier alpha value is -1.35. The van der Waals surface area contributed by atoms with Crippen molar-refractivity contribution >= 4 is 21.6 Å². The third-order valence-corrected chi connectivity index (χ3v) is 3.80. The molecule has 1 atom stereocenters. The van der Waals surface area contributed by atoms with Crippen LogP contribution in [0.25, 0.3) is 0 Å². The van der Waals surface area contributed by atoms with E-state index in [1.165, 1.54) is 11.6 Å². The molecular formula is C16H17BrFN. The van der Waals surface area contributed by atoms with Crippen LogP contribution in [-0.4, -0.2) is 0 Å². The van der Waals surface area contributed by atoms with Gasteiger partial charge in [-0.1, -0.05) is 25.1 Å². The molecule has 100 valence electrons. The van der Waals surface area contributed by atoms with E-state index in [1.807, 2.05) is 6.07 Å². The second kappa shape index (κ2) is 6.20. The molecule has 0 radical (unpaired) electrons. The van der Waals surface area contributed by atoms with Crippen LogP contribution in [0.3, 0.4) is 0 Å². The minimum Gasteiger partial charge on any atom is -0.379 e. The molecule has 1 unspecified atom stereocenters. The molecule has 0 fully saturated rings. The number of anilines is 1. The average molecular weight is 322 g/mol. The molecule has 19 heavy (non-hydrogen) atoms. The maximum absolute atomic E-state index is 13.2. The molecule has 0 saturated heterocycles. The Morgan fingerprint density at radius 3 is 2.42 bits per heavy atom. The van der Waals surface area contributed by atoms with Gasteiger partial charge in [0.2, 0.25) is 0 Å². The normalized spacial score (nSPS) is 12.2. The van der Waals surface area contributed by atoms with Gasteiger partial charge in [0, 0.05) is 11.7 Å². The highest BCUT2D eigenvalue weighted by atomic mass is 79.9. The van der Waals surface area contributed by atoms with Crippen LogP contribution in [0.1, 0.15) is 31.0 Å². The first-order valence-electron chi connectivity index (χ1n) is 6.40. The summed E-state index contributed by atoms with van der Waals surface area (Å²) in [6.07, 6.45) is 1.04. The zero-order chi connectivity index (χ0) is 13.8. The van der Waals surface area contributed by atoms with E-state index in [2.05, 4.69) is 59.4 Å². The number of halogens is 2. The number of hydrogen-bond donors (Lipinski definition) is 1. The molecule has 1 nitrogen and oxygen atoms in total. The first-order chi connectivity index (χ1) is 9.10. The Morgan fingerprint density at radius 1 is 1.16 bits per heavy atom. The molecule has 0 spiro atoms. The van der Waals surface area contributed by atoms with Gasteiger partial charge in [0.25, 0.3) is 0 Å². The van der Waals surface area contributed by atoms with Gasteiger partial charge in [-0.15, -0.1) is 0 Å². The van der Waals surface area contributed by atoms with E-state index in [0.717, 1.165) is 17.7 Å². The smallest absolute Gasteiger partial charge is 0.137 e. The molecule has 3 heteroatoms. The predicted molar refractivity (Wildman–Crippen MR) is 82.0 cm³/mol. The summed E-state index contributed by atoms with van der Waals surface area (Å²) in [6, 6.07) is 13.6. The van der Waals surface area contributed by atoms with E-state index in [4.69, 9.17) is 0 Å². The van der Waals surface area contributed by atoms with Crippen LogP contribution in [-0.2, 0) is 6.42 Å². The van der Waals surface area contributed by atoms with Crippen LogP contribution in [0.2, 0.25) is 0 Å². The minimum atomic E-state index is -0.233. The van der Waals surface area contributed by atoms with Crippen molar-refractivity contribution in [3.8, 4) is 0 Å². The number of nitrogens with one attached hydrogen (secondary N) is 1. The zero-order valence-corrected chi connectivity index (χ0v) is 12.7. The van der Waals surface area contributed by atoms with Crippen LogP contribution in [0.4, 0.5) is 10.1 Å². The monoisotopic (exact) mass is 321 g/mol. The molecule has 0 aromatic heterocycles. The van der Waals surface area contributed by atoms with Crippen molar-refractivity contribution in [2.45, 2.75) is 26.3 Å². The highest BCUT2D eigenvalue weighted by molar-refractivity contribution is 9.10. The number of rotatable bonds is 4. The van der Waals surface area contributed by atoms with Crippen molar-refractivity contribution in [1.82, 2.24) is 0 Å². The van der Waals surface area contributed by atoms with E-state index in [0.29, 0.717) is 4.47 Å². The third-order valence-electron chi connectivity index (χ3n) is 3.19. The molecule has 0 amide bonds. The molecule has 2 aromatic carbocycles. The maximum atomic E-state index is 13.2. The topological polar surface area (TPSA) is 12.0 Å². The van der Waals surface area contributed by atoms with E-state index >= 15 is 0 Å². The largest absolute Gasteiger partial charge is 0.379 e. The van der Waals surface area contributed by atoms with Crippen molar-refractivity contribution in [2.75, 3.05) is 5.32 Å². The Morgan fingerprint density at radius 2 is 1.84 bits per heavy atom. The lowest BCUT2D eigenvalue weighted by atomic mass is 10.1. The first-order valence-corrected chi connectivity index (χ1v) is 7.20. The van der Waals surface area contributed by atoms with Gasteiger partial charge in [-0.05, 0) is 64.7 Å². The lowest BCUT2D eigenvalue weighted by Gasteiger charge is -2.16. The van der Waals surface area contributed by atoms with Crippen LogP contribution < -0.4 is 5.32 Å². The SMILES string of the molecule is CCc1ccc(NC(C)c2ccc(F)c(Br)c2)cc1. The summed E-state index contributed by atoms with van der Waals surface area (Å²) in [5, 5.41) is 3.41. The minimum absolute atomic E-state index is 0.129. The van der Waals surface area contributed by atoms with Crippen molar-refractivity contribution in [1.29, 1.82) is 0 Å². The first kappa shape index (κ1) is 14.1. The Labute approximate surface area is 122 Å². The van der Waals surface area contributed by atoms with Gasteiger partial charge in [0.1, 0.15) is 5.82 Å². The summed E-state index contributed by atoms with van der Waals surface area (Å²) in [6.45, 7) is 4.20. The van der Waals surface area contributed by atoms with Gasteiger partial charge in [-0.2, -0.15) is 0 Å². The Kier molecular flexibility index (Phi) is 4.59. The zero-order valence-electron chi connectivity index (χ0n) is 11.1. The van der Waals surface area contributed by atoms with Gasteiger partial charge in [-0.25, -0.2) is 4.39 Å². The fourth-order valence-electron chi connectivity index (χ4n) is 1.95. The van der Waals surface area contributed by atoms with Gasteiger partial charge in [0.15, 0.2) is 0 Å². The highest BCUT2D eigenvalue weighted by Crippen LogP contribution is 2.24. The summed E-state index contributed by atoms with van der Waals surface area (Å²) in [5.41, 5.74) is 3.45. The molecule has 2 aromatic rings. The second-order valence-corrected chi connectivity index (χ2v) is 5.44. The summed E-state index contributed by atoms with van der Waals surface area (Å²) >= 11 is 3.22. The molecule has 0 aliphatic heterocycles. The summed E-state index contributed by atoms with van der Waals surface area (Å²) in [7, 11) is 0. The fraction of sp³-hybridized carbons (Fsp3) is 0.250. The Bertz CT molecular complexity index is 551. The summed E-state index contributed by atoms with van der Waals surface area (Å²) in [4.78, 5) is 0. The van der Waals surface area contributed by atoms with E-state index in [-0.39, 0.29) is 11.9 Å². The maximum Gasteiger partial charge on any atom is 0.137 e. The molecule has 0 bridgehead atoms. The van der Waals surface area contributed by atoms with Crippen LogP contribution in [0, 0.1) is 5.82 Å². The Balaban J connectivity index is 2.10. The quantitative estimate of drug-likeness (QED) is 0.803. The van der Waals surface area contributed by atoms with Crippen molar-refractivity contribution < 1.29 is 4.39 Å². The number of hydrogen-bond acceptors (Lipinski definition) is 1. The summed E-state index contributed by atoms with van der Waals surface area (Å²) < 4.78 is 13.7. The number of benzene rings is 2. The van der Waals surface area contributed by atoms with Gasteiger partial charge in [0.05, 0.1) is 4.47 Å². The predicted octanol–water partition coefficient (Wildman–Crippen LogP) is 5.32. The molecule has 0 heterocycles. The van der Waals surface area contributed by atoms with Gasteiger partial charge < -0.3 is 5.32 Å². The van der Waals surface area contributed by atoms with Gasteiger partial charge >= 0.3 is 0 Å². The molecule has 0 aliphatic rings. The van der Waals surface area contributed by atoms with Crippen LogP contribution >= 0.6 is 15.9 Å². The standard InChI is InChI=1S/C16H17BrFN/c1-3-12-4-7-14(8-5-12)19-11(2)13-6-9-16(18)15(17)10-13/h4-11,19H,3H2,1-2H3. The van der Waals surface area contributed by atoms with Crippen LogP contribution in [0.5, 0.6) is 0 Å².